The molecule has 1 spiro atoms. The van der Waals surface area contributed by atoms with Crippen LogP contribution < -0.4 is 10.2 Å². The summed E-state index contributed by atoms with van der Waals surface area (Å²) in [4.78, 5) is 23.1. The predicted molar refractivity (Wildman–Crippen MR) is 101 cm³/mol. The molecule has 0 unspecified atom stereocenters. The third-order valence-corrected chi connectivity index (χ3v) is 5.08. The van der Waals surface area contributed by atoms with Crippen LogP contribution in [0.5, 0.6) is 0 Å². The molecule has 2 aromatic rings. The van der Waals surface area contributed by atoms with Gasteiger partial charge in [0, 0.05) is 32.5 Å². The van der Waals surface area contributed by atoms with Crippen LogP contribution in [-0.4, -0.2) is 54.5 Å². The summed E-state index contributed by atoms with van der Waals surface area (Å²) in [6.45, 7) is 3.52. The van der Waals surface area contributed by atoms with Gasteiger partial charge >= 0.3 is 0 Å². The van der Waals surface area contributed by atoms with Gasteiger partial charge in [0.2, 0.25) is 0 Å². The van der Waals surface area contributed by atoms with Crippen molar-refractivity contribution in [1.29, 1.82) is 0 Å². The van der Waals surface area contributed by atoms with Crippen molar-refractivity contribution in [3.8, 4) is 0 Å². The van der Waals surface area contributed by atoms with Gasteiger partial charge in [-0.1, -0.05) is 30.3 Å². The maximum absolute atomic E-state index is 12.2. The van der Waals surface area contributed by atoms with E-state index in [0.717, 1.165) is 38.2 Å². The van der Waals surface area contributed by atoms with Crippen molar-refractivity contribution in [2.24, 2.45) is 0 Å². The second-order valence-corrected chi connectivity index (χ2v) is 6.85. The third kappa shape index (κ3) is 4.26. The summed E-state index contributed by atoms with van der Waals surface area (Å²) in [7, 11) is 0. The lowest BCUT2D eigenvalue weighted by Crippen LogP contribution is -2.45. The van der Waals surface area contributed by atoms with Crippen LogP contribution in [0.15, 0.2) is 42.7 Å². The minimum Gasteiger partial charge on any atom is -0.355 e. The van der Waals surface area contributed by atoms with Crippen molar-refractivity contribution < 1.29 is 14.3 Å². The first kappa shape index (κ1) is 17.9. The van der Waals surface area contributed by atoms with E-state index in [-0.39, 0.29) is 5.91 Å². The van der Waals surface area contributed by atoms with E-state index in [1.54, 1.807) is 12.4 Å². The highest BCUT2D eigenvalue weighted by Crippen LogP contribution is 2.32. The van der Waals surface area contributed by atoms with E-state index in [9.17, 15) is 4.79 Å². The first-order valence-corrected chi connectivity index (χ1v) is 9.41. The zero-order valence-corrected chi connectivity index (χ0v) is 15.3. The fourth-order valence-electron chi connectivity index (χ4n) is 3.52. The van der Waals surface area contributed by atoms with Crippen LogP contribution in [0.25, 0.3) is 0 Å². The highest BCUT2D eigenvalue weighted by atomic mass is 16.7. The SMILES string of the molecule is O=C(NCCc1ccccc1)c1cnc(N2CCC3(CC2)OCCO3)cn1. The number of ether oxygens (including phenoxy) is 2. The molecule has 0 aliphatic carbocycles. The Bertz CT molecular complexity index is 751. The molecule has 27 heavy (non-hydrogen) atoms. The topological polar surface area (TPSA) is 76.6 Å². The highest BCUT2D eigenvalue weighted by molar-refractivity contribution is 5.92. The summed E-state index contributed by atoms with van der Waals surface area (Å²) in [5.74, 6) is 0.182. The number of amides is 1. The molecule has 2 fully saturated rings. The van der Waals surface area contributed by atoms with Crippen molar-refractivity contribution in [3.05, 3.63) is 54.0 Å². The lowest BCUT2D eigenvalue weighted by Gasteiger charge is -2.37. The third-order valence-electron chi connectivity index (χ3n) is 5.08. The average molecular weight is 368 g/mol. The normalized spacial score (nSPS) is 18.6. The van der Waals surface area contributed by atoms with E-state index in [1.807, 2.05) is 30.3 Å². The van der Waals surface area contributed by atoms with Gasteiger partial charge in [-0.05, 0) is 12.0 Å². The number of nitrogens with zero attached hydrogens (tertiary/aromatic N) is 3. The zero-order chi connectivity index (χ0) is 18.5. The summed E-state index contributed by atoms with van der Waals surface area (Å²) in [6, 6.07) is 10.1. The molecular weight excluding hydrogens is 344 g/mol. The molecule has 7 heteroatoms. The zero-order valence-electron chi connectivity index (χ0n) is 15.3. The maximum atomic E-state index is 12.2. The van der Waals surface area contributed by atoms with Gasteiger partial charge in [0.05, 0.1) is 25.6 Å². The summed E-state index contributed by atoms with van der Waals surface area (Å²) in [6.07, 6.45) is 5.63. The largest absolute Gasteiger partial charge is 0.355 e. The van der Waals surface area contributed by atoms with Crippen LogP contribution >= 0.6 is 0 Å². The number of piperidine rings is 1. The quantitative estimate of drug-likeness (QED) is 0.867. The van der Waals surface area contributed by atoms with Crippen molar-refractivity contribution in [3.63, 3.8) is 0 Å². The molecule has 1 amide bonds. The number of rotatable bonds is 5. The highest BCUT2D eigenvalue weighted by Gasteiger charge is 2.40. The van der Waals surface area contributed by atoms with Gasteiger partial charge in [-0.15, -0.1) is 0 Å². The number of anilines is 1. The minimum atomic E-state index is -0.400. The van der Waals surface area contributed by atoms with Gasteiger partial charge in [-0.25, -0.2) is 9.97 Å². The molecule has 1 aromatic heterocycles. The van der Waals surface area contributed by atoms with Crippen molar-refractivity contribution >= 4 is 11.7 Å². The summed E-state index contributed by atoms with van der Waals surface area (Å²) < 4.78 is 11.5. The Morgan fingerprint density at radius 1 is 1.07 bits per heavy atom. The molecule has 2 aliphatic heterocycles. The Morgan fingerprint density at radius 2 is 1.81 bits per heavy atom. The van der Waals surface area contributed by atoms with Gasteiger partial charge in [0.25, 0.3) is 5.91 Å². The Labute approximate surface area is 158 Å². The lowest BCUT2D eigenvalue weighted by molar-refractivity contribution is -0.169. The Hall–Kier alpha value is -2.51. The van der Waals surface area contributed by atoms with E-state index < -0.39 is 5.79 Å². The minimum absolute atomic E-state index is 0.199. The summed E-state index contributed by atoms with van der Waals surface area (Å²) >= 11 is 0. The Balaban J connectivity index is 1.27. The van der Waals surface area contributed by atoms with Crippen LogP contribution in [-0.2, 0) is 15.9 Å². The molecular formula is C20H24N4O3. The molecule has 4 rings (SSSR count). The van der Waals surface area contributed by atoms with E-state index in [4.69, 9.17) is 9.47 Å². The first-order valence-electron chi connectivity index (χ1n) is 9.41. The van der Waals surface area contributed by atoms with Crippen molar-refractivity contribution in [2.45, 2.75) is 25.0 Å². The lowest BCUT2D eigenvalue weighted by atomic mass is 10.0. The first-order chi connectivity index (χ1) is 13.2. The second kappa shape index (κ2) is 8.02. The van der Waals surface area contributed by atoms with Crippen LogP contribution in [0.3, 0.4) is 0 Å². The van der Waals surface area contributed by atoms with Crippen LogP contribution in [0.4, 0.5) is 5.82 Å². The molecule has 0 atom stereocenters. The van der Waals surface area contributed by atoms with E-state index in [1.165, 1.54) is 5.56 Å². The molecule has 1 aromatic carbocycles. The molecule has 0 bridgehead atoms. The molecule has 2 aliphatic rings. The number of carbonyl (C=O) groups is 1. The molecule has 142 valence electrons. The average Bonchev–Trinajstić information content (AvgIpc) is 3.17. The number of benzene rings is 1. The van der Waals surface area contributed by atoms with Gasteiger partial charge < -0.3 is 19.7 Å². The van der Waals surface area contributed by atoms with Crippen molar-refractivity contribution in [1.82, 2.24) is 15.3 Å². The number of hydrogen-bond acceptors (Lipinski definition) is 6. The monoisotopic (exact) mass is 368 g/mol. The van der Waals surface area contributed by atoms with Gasteiger partial charge in [0.15, 0.2) is 5.79 Å². The Morgan fingerprint density at radius 3 is 2.48 bits per heavy atom. The molecule has 3 heterocycles. The maximum Gasteiger partial charge on any atom is 0.271 e. The molecule has 0 radical (unpaired) electrons. The second-order valence-electron chi connectivity index (χ2n) is 6.85. The number of aromatic nitrogens is 2. The molecule has 2 saturated heterocycles. The fraction of sp³-hybridized carbons (Fsp3) is 0.450. The van der Waals surface area contributed by atoms with Crippen LogP contribution in [0, 0.1) is 0 Å². The standard InChI is InChI=1S/C20H24N4O3/c25-19(21-9-6-16-4-2-1-3-5-16)17-14-23-18(15-22-17)24-10-7-20(8-11-24)26-12-13-27-20/h1-5,14-15H,6-13H2,(H,21,25). The fourth-order valence-corrected chi connectivity index (χ4v) is 3.52. The van der Waals surface area contributed by atoms with Crippen molar-refractivity contribution in [2.75, 3.05) is 37.7 Å². The molecule has 7 nitrogen and oxygen atoms in total. The smallest absolute Gasteiger partial charge is 0.271 e. The summed E-state index contributed by atoms with van der Waals surface area (Å²) in [5, 5.41) is 2.89. The van der Waals surface area contributed by atoms with E-state index in [2.05, 4.69) is 20.2 Å². The van der Waals surface area contributed by atoms with Gasteiger partial charge in [0.1, 0.15) is 11.5 Å². The van der Waals surface area contributed by atoms with Gasteiger partial charge in [-0.3, -0.25) is 4.79 Å². The summed E-state index contributed by atoms with van der Waals surface area (Å²) in [5.41, 5.74) is 1.53. The van der Waals surface area contributed by atoms with Gasteiger partial charge in [-0.2, -0.15) is 0 Å². The predicted octanol–water partition coefficient (Wildman–Crippen LogP) is 1.79. The number of hydrogen-bond donors (Lipinski definition) is 1. The van der Waals surface area contributed by atoms with Crippen LogP contribution in [0.1, 0.15) is 28.9 Å². The van der Waals surface area contributed by atoms with E-state index in [0.29, 0.717) is 25.5 Å². The van der Waals surface area contributed by atoms with E-state index >= 15 is 0 Å². The number of carbonyl (C=O) groups excluding carboxylic acids is 1. The molecule has 1 N–H and O–H groups in total. The number of nitrogens with one attached hydrogen (secondary N) is 1. The van der Waals surface area contributed by atoms with Crippen LogP contribution in [0.2, 0.25) is 0 Å². The molecule has 0 saturated carbocycles. The Kier molecular flexibility index (Phi) is 5.31.